The van der Waals surface area contributed by atoms with Crippen molar-refractivity contribution in [1.82, 2.24) is 0 Å². The summed E-state index contributed by atoms with van der Waals surface area (Å²) in [4.78, 5) is 2.42. The summed E-state index contributed by atoms with van der Waals surface area (Å²) in [7, 11) is 0. The highest BCUT2D eigenvalue weighted by Crippen LogP contribution is 2.49. The summed E-state index contributed by atoms with van der Waals surface area (Å²) in [5.41, 5.74) is 26.4. The zero-order valence-electron chi connectivity index (χ0n) is 41.2. The molecule has 340 valence electrons. The number of anilines is 3. The third-order valence-corrected chi connectivity index (χ3v) is 16.1. The minimum absolute atomic E-state index is 0.0626. The normalized spacial score (nSPS) is 16.8. The first-order chi connectivity index (χ1) is 34.0. The SMILES string of the molecule is CC1(C)C2=C(C=CCC2)C=C(c2ccc(N(c3ccc(C4=Cc5ccccc5C(C)(C)c5ccccc54)cc3)c3ccc(C4=Cc5ccccc5C(C)(C)c5ccccc54)cc3)cc2)c2ccccc21. The van der Waals surface area contributed by atoms with E-state index in [-0.39, 0.29) is 16.2 Å². The molecule has 8 aromatic carbocycles. The van der Waals surface area contributed by atoms with Crippen molar-refractivity contribution in [2.24, 2.45) is 0 Å². The molecule has 0 heterocycles. The summed E-state index contributed by atoms with van der Waals surface area (Å²) in [5.74, 6) is 0. The summed E-state index contributed by atoms with van der Waals surface area (Å²) in [6.45, 7) is 14.2. The van der Waals surface area contributed by atoms with Crippen LogP contribution in [0.5, 0.6) is 0 Å². The molecule has 8 aromatic rings. The minimum atomic E-state index is -0.146. The molecule has 4 aliphatic carbocycles. The second kappa shape index (κ2) is 16.7. The van der Waals surface area contributed by atoms with E-state index in [0.29, 0.717) is 0 Å². The molecule has 12 rings (SSSR count). The number of nitrogens with zero attached hydrogens (tertiary/aromatic N) is 1. The van der Waals surface area contributed by atoms with E-state index in [2.05, 4.69) is 271 Å². The molecule has 0 radical (unpaired) electrons. The zero-order valence-corrected chi connectivity index (χ0v) is 41.2. The lowest BCUT2D eigenvalue weighted by molar-refractivity contribution is 0.586. The van der Waals surface area contributed by atoms with E-state index < -0.39 is 0 Å². The van der Waals surface area contributed by atoms with Crippen LogP contribution in [0.15, 0.2) is 223 Å². The Morgan fingerprint density at radius 3 is 1.10 bits per heavy atom. The van der Waals surface area contributed by atoms with Gasteiger partial charge in [-0.3, -0.25) is 0 Å². The van der Waals surface area contributed by atoms with E-state index in [0.717, 1.165) is 29.9 Å². The smallest absolute Gasteiger partial charge is 0.0462 e. The van der Waals surface area contributed by atoms with Crippen LogP contribution < -0.4 is 4.90 Å². The van der Waals surface area contributed by atoms with Gasteiger partial charge < -0.3 is 4.90 Å². The molecule has 0 saturated heterocycles. The molecule has 0 amide bonds. The predicted octanol–water partition coefficient (Wildman–Crippen LogP) is 18.0. The lowest BCUT2D eigenvalue weighted by atomic mass is 9.72. The molecule has 0 bridgehead atoms. The van der Waals surface area contributed by atoms with Gasteiger partial charge in [-0.05, 0) is 162 Å². The summed E-state index contributed by atoms with van der Waals surface area (Å²) in [6, 6.07) is 72.6. The number of allylic oxidation sites excluding steroid dienone is 5. The molecule has 1 nitrogen and oxygen atoms in total. The van der Waals surface area contributed by atoms with Gasteiger partial charge in [0.25, 0.3) is 0 Å². The molecule has 0 aliphatic heterocycles. The summed E-state index contributed by atoms with van der Waals surface area (Å²) < 4.78 is 0. The lowest BCUT2D eigenvalue weighted by Crippen LogP contribution is -2.23. The van der Waals surface area contributed by atoms with Crippen LogP contribution in [0.1, 0.15) is 127 Å². The van der Waals surface area contributed by atoms with Crippen molar-refractivity contribution in [1.29, 1.82) is 0 Å². The molecule has 0 fully saturated rings. The van der Waals surface area contributed by atoms with E-state index in [1.165, 1.54) is 100 Å². The van der Waals surface area contributed by atoms with Gasteiger partial charge in [-0.15, -0.1) is 0 Å². The molecule has 0 unspecified atom stereocenters. The Morgan fingerprint density at radius 1 is 0.343 bits per heavy atom. The Labute approximate surface area is 415 Å². The first-order valence-electron chi connectivity index (χ1n) is 25.1. The predicted molar refractivity (Wildman–Crippen MR) is 297 cm³/mol. The first kappa shape index (κ1) is 43.5. The molecule has 0 saturated carbocycles. The highest BCUT2D eigenvalue weighted by Gasteiger charge is 2.35. The second-order valence-corrected chi connectivity index (χ2v) is 21.2. The van der Waals surface area contributed by atoms with Crippen LogP contribution in [0.2, 0.25) is 0 Å². The van der Waals surface area contributed by atoms with Crippen molar-refractivity contribution in [3.63, 3.8) is 0 Å². The standard InChI is InChI=1S/C69H59N/c1-67(2)61-25-13-7-19-49(61)43-58(55-22-10-16-28-64(55)67)46-31-37-52(38-32-46)70(53-39-33-47(34-40-53)59-44-50-20-8-14-26-62(50)68(3,4)65-29-17-11-23-56(59)65)54-41-35-48(36-42-54)60-45-51-21-9-15-27-63(51)69(5,6)66-30-18-12-24-57(60)66/h7-14,16-26,28-45H,15,27H2,1-6H3. The molecule has 0 spiro atoms. The van der Waals surface area contributed by atoms with E-state index in [9.17, 15) is 0 Å². The fourth-order valence-electron chi connectivity index (χ4n) is 12.4. The molecule has 70 heavy (non-hydrogen) atoms. The third-order valence-electron chi connectivity index (χ3n) is 16.1. The fourth-order valence-corrected chi connectivity index (χ4v) is 12.4. The Hall–Kier alpha value is -7.74. The van der Waals surface area contributed by atoms with Gasteiger partial charge >= 0.3 is 0 Å². The molecular formula is C69H59N. The summed E-state index contributed by atoms with van der Waals surface area (Å²) in [5, 5.41) is 0. The van der Waals surface area contributed by atoms with Gasteiger partial charge in [0.2, 0.25) is 0 Å². The monoisotopic (exact) mass is 901 g/mol. The van der Waals surface area contributed by atoms with Gasteiger partial charge in [-0.1, -0.05) is 217 Å². The van der Waals surface area contributed by atoms with Gasteiger partial charge in [0.1, 0.15) is 0 Å². The molecule has 0 atom stereocenters. The number of benzene rings is 8. The number of hydrogen-bond acceptors (Lipinski definition) is 1. The Balaban J connectivity index is 0.978. The Bertz CT molecular complexity index is 3360. The largest absolute Gasteiger partial charge is 0.311 e. The van der Waals surface area contributed by atoms with E-state index in [4.69, 9.17) is 0 Å². The number of fused-ring (bicyclic) bond motifs is 5. The van der Waals surface area contributed by atoms with Crippen molar-refractivity contribution in [2.45, 2.75) is 70.6 Å². The van der Waals surface area contributed by atoms with Crippen molar-refractivity contribution in [3.8, 4) is 0 Å². The van der Waals surface area contributed by atoms with Crippen LogP contribution >= 0.6 is 0 Å². The first-order valence-corrected chi connectivity index (χ1v) is 25.1. The fraction of sp³-hybridized carbons (Fsp3) is 0.159. The maximum atomic E-state index is 2.45. The molecular weight excluding hydrogens is 843 g/mol. The van der Waals surface area contributed by atoms with Crippen LogP contribution in [0.4, 0.5) is 17.1 Å². The maximum Gasteiger partial charge on any atom is 0.0462 e. The Morgan fingerprint density at radius 2 is 0.686 bits per heavy atom. The van der Waals surface area contributed by atoms with Crippen LogP contribution in [0, 0.1) is 0 Å². The van der Waals surface area contributed by atoms with Crippen molar-refractivity contribution in [2.75, 3.05) is 4.90 Å². The number of rotatable bonds is 6. The van der Waals surface area contributed by atoms with Crippen LogP contribution in [-0.2, 0) is 16.2 Å². The summed E-state index contributed by atoms with van der Waals surface area (Å²) >= 11 is 0. The average molecular weight is 902 g/mol. The molecule has 1 heteroatoms. The Kier molecular flexibility index (Phi) is 10.4. The average Bonchev–Trinajstić information content (AvgIpc) is 3.62. The molecule has 0 N–H and O–H groups in total. The molecule has 4 aliphatic rings. The quantitative estimate of drug-likeness (QED) is 0.161. The highest BCUT2D eigenvalue weighted by atomic mass is 15.1. The van der Waals surface area contributed by atoms with Crippen LogP contribution in [0.25, 0.3) is 28.9 Å². The molecule has 0 aromatic heterocycles. The van der Waals surface area contributed by atoms with Crippen molar-refractivity contribution >= 4 is 45.9 Å². The van der Waals surface area contributed by atoms with Crippen molar-refractivity contribution < 1.29 is 0 Å². The topological polar surface area (TPSA) is 3.24 Å². The minimum Gasteiger partial charge on any atom is -0.311 e. The van der Waals surface area contributed by atoms with Gasteiger partial charge in [0, 0.05) is 33.3 Å². The second-order valence-electron chi connectivity index (χ2n) is 21.2. The summed E-state index contributed by atoms with van der Waals surface area (Å²) in [6.07, 6.45) is 14.1. The van der Waals surface area contributed by atoms with E-state index in [1.807, 2.05) is 0 Å². The van der Waals surface area contributed by atoms with Gasteiger partial charge in [-0.25, -0.2) is 0 Å². The zero-order chi connectivity index (χ0) is 47.8. The van der Waals surface area contributed by atoms with Gasteiger partial charge in [0.05, 0.1) is 0 Å². The van der Waals surface area contributed by atoms with E-state index >= 15 is 0 Å². The van der Waals surface area contributed by atoms with Gasteiger partial charge in [0.15, 0.2) is 0 Å². The van der Waals surface area contributed by atoms with Gasteiger partial charge in [-0.2, -0.15) is 0 Å². The van der Waals surface area contributed by atoms with Crippen LogP contribution in [-0.4, -0.2) is 0 Å². The highest BCUT2D eigenvalue weighted by molar-refractivity contribution is 5.97. The third kappa shape index (κ3) is 7.13. The van der Waals surface area contributed by atoms with Crippen LogP contribution in [0.3, 0.4) is 0 Å². The maximum absolute atomic E-state index is 2.45. The lowest BCUT2D eigenvalue weighted by Gasteiger charge is -2.32. The number of hydrogen-bond donors (Lipinski definition) is 0. The van der Waals surface area contributed by atoms with E-state index in [1.54, 1.807) is 0 Å². The van der Waals surface area contributed by atoms with Crippen molar-refractivity contribution in [3.05, 3.63) is 296 Å².